The molecule has 3 fully saturated rings. The predicted molar refractivity (Wildman–Crippen MR) is 111 cm³/mol. The van der Waals surface area contributed by atoms with E-state index in [0.717, 1.165) is 32.2 Å². The maximum absolute atomic E-state index is 12.0. The van der Waals surface area contributed by atoms with Crippen LogP contribution in [0.4, 0.5) is 0 Å². The Labute approximate surface area is 166 Å². The smallest absolute Gasteiger partial charge is 0.307 e. The summed E-state index contributed by atoms with van der Waals surface area (Å²) in [6.07, 6.45) is 14.1. The average Bonchev–Trinajstić information content (AvgIpc) is 3.11. The maximum Gasteiger partial charge on any atom is 0.307 e. The summed E-state index contributed by atoms with van der Waals surface area (Å²) in [6.45, 7) is 8.40. The summed E-state index contributed by atoms with van der Waals surface area (Å²) in [5.74, 6) is 0.984. The van der Waals surface area contributed by atoms with E-state index in [-0.39, 0.29) is 5.92 Å². The third kappa shape index (κ3) is 5.57. The first-order chi connectivity index (χ1) is 13.1. The van der Waals surface area contributed by atoms with Crippen molar-refractivity contribution < 1.29 is 9.90 Å². The molecule has 0 radical (unpaired) electrons. The molecule has 154 valence electrons. The van der Waals surface area contributed by atoms with Crippen LogP contribution >= 0.6 is 0 Å². The van der Waals surface area contributed by atoms with Crippen LogP contribution in [0.25, 0.3) is 0 Å². The van der Waals surface area contributed by atoms with Crippen molar-refractivity contribution >= 4 is 5.97 Å². The first-order valence-electron chi connectivity index (χ1n) is 11.3. The lowest BCUT2D eigenvalue weighted by atomic mass is 9.73. The minimum absolute atomic E-state index is 0.0754. The normalized spacial score (nSPS) is 29.9. The number of nitrogens with zero attached hydrogens (tertiary/aromatic N) is 2. The number of aliphatic carboxylic acids is 1. The number of carboxylic acid groups (broad SMARTS) is 1. The van der Waals surface area contributed by atoms with Gasteiger partial charge >= 0.3 is 5.97 Å². The largest absolute Gasteiger partial charge is 0.481 e. The van der Waals surface area contributed by atoms with Gasteiger partial charge in [-0.2, -0.15) is 0 Å². The van der Waals surface area contributed by atoms with Gasteiger partial charge in [0.15, 0.2) is 0 Å². The van der Waals surface area contributed by atoms with Crippen molar-refractivity contribution in [3.63, 3.8) is 0 Å². The molecule has 0 aromatic carbocycles. The molecule has 3 aliphatic rings. The fourth-order valence-electron chi connectivity index (χ4n) is 6.15. The van der Waals surface area contributed by atoms with Crippen LogP contribution in [-0.2, 0) is 4.79 Å². The Hall–Kier alpha value is -0.870. The van der Waals surface area contributed by atoms with E-state index in [2.05, 4.69) is 23.4 Å². The summed E-state index contributed by atoms with van der Waals surface area (Å²) in [6, 6.07) is 0.693. The van der Waals surface area contributed by atoms with E-state index < -0.39 is 5.97 Å². The van der Waals surface area contributed by atoms with Gasteiger partial charge in [-0.25, -0.2) is 0 Å². The second-order valence-corrected chi connectivity index (χ2v) is 9.46. The number of hydrogen-bond donors (Lipinski definition) is 1. The van der Waals surface area contributed by atoms with E-state index >= 15 is 0 Å². The molecule has 4 nitrogen and oxygen atoms in total. The summed E-state index contributed by atoms with van der Waals surface area (Å²) in [4.78, 5) is 17.1. The molecule has 0 amide bonds. The first-order valence-corrected chi connectivity index (χ1v) is 11.3. The summed E-state index contributed by atoms with van der Waals surface area (Å²) in [5.41, 5.74) is 0. The monoisotopic (exact) mass is 376 g/mol. The third-order valence-corrected chi connectivity index (χ3v) is 7.65. The molecule has 2 saturated carbocycles. The van der Waals surface area contributed by atoms with Crippen LogP contribution in [0.2, 0.25) is 0 Å². The molecule has 27 heavy (non-hydrogen) atoms. The molecular formula is C23H40N2O2. The van der Waals surface area contributed by atoms with Crippen molar-refractivity contribution in [3.05, 3.63) is 12.7 Å². The maximum atomic E-state index is 12.0. The van der Waals surface area contributed by atoms with Crippen molar-refractivity contribution in [2.75, 3.05) is 33.2 Å². The first kappa shape index (κ1) is 20.9. The number of rotatable bonds is 8. The molecule has 2 unspecified atom stereocenters. The second-order valence-electron chi connectivity index (χ2n) is 9.46. The predicted octanol–water partition coefficient (Wildman–Crippen LogP) is 4.27. The van der Waals surface area contributed by atoms with Crippen LogP contribution in [0.3, 0.4) is 0 Å². The Morgan fingerprint density at radius 3 is 2.44 bits per heavy atom. The van der Waals surface area contributed by atoms with Crippen molar-refractivity contribution in [1.29, 1.82) is 0 Å². The molecular weight excluding hydrogens is 336 g/mol. The van der Waals surface area contributed by atoms with Gasteiger partial charge < -0.3 is 10.0 Å². The SMILES string of the molecule is C=CCN(C)C1CCN(C[C@@H]2CCC(C(C(=O)O)C3CCCCC3)C2)CC1. The minimum Gasteiger partial charge on any atom is -0.481 e. The fourth-order valence-corrected chi connectivity index (χ4v) is 6.15. The van der Waals surface area contributed by atoms with E-state index in [1.807, 2.05) is 6.08 Å². The number of piperidine rings is 1. The Balaban J connectivity index is 1.45. The molecule has 0 aromatic rings. The second kappa shape index (κ2) is 10.1. The summed E-state index contributed by atoms with van der Waals surface area (Å²) >= 11 is 0. The van der Waals surface area contributed by atoms with Crippen LogP contribution in [-0.4, -0.2) is 60.1 Å². The fraction of sp³-hybridized carbons (Fsp3) is 0.870. The average molecular weight is 377 g/mol. The molecule has 0 aromatic heterocycles. The zero-order valence-electron chi connectivity index (χ0n) is 17.3. The number of likely N-dealkylation sites (N-methyl/N-ethyl adjacent to an activating group) is 1. The molecule has 1 N–H and O–H groups in total. The zero-order valence-corrected chi connectivity index (χ0v) is 17.3. The van der Waals surface area contributed by atoms with Gasteiger partial charge in [0.25, 0.3) is 0 Å². The molecule has 3 atom stereocenters. The van der Waals surface area contributed by atoms with Crippen molar-refractivity contribution in [1.82, 2.24) is 9.80 Å². The molecule has 1 heterocycles. The van der Waals surface area contributed by atoms with E-state index in [1.165, 1.54) is 58.2 Å². The molecule has 1 saturated heterocycles. The van der Waals surface area contributed by atoms with Crippen molar-refractivity contribution in [2.45, 2.75) is 70.3 Å². The Morgan fingerprint density at radius 1 is 1.11 bits per heavy atom. The lowest BCUT2D eigenvalue weighted by Crippen LogP contribution is -2.44. The molecule has 0 spiro atoms. The molecule has 1 aliphatic heterocycles. The number of likely N-dealkylation sites (tertiary alicyclic amines) is 1. The third-order valence-electron chi connectivity index (χ3n) is 7.65. The topological polar surface area (TPSA) is 43.8 Å². The molecule has 2 aliphatic carbocycles. The van der Waals surface area contributed by atoms with Crippen molar-refractivity contribution in [3.8, 4) is 0 Å². The van der Waals surface area contributed by atoms with Crippen LogP contribution in [0.5, 0.6) is 0 Å². The highest BCUT2D eigenvalue weighted by Crippen LogP contribution is 2.43. The summed E-state index contributed by atoms with van der Waals surface area (Å²) in [7, 11) is 2.21. The van der Waals surface area contributed by atoms with Gasteiger partial charge in [-0.15, -0.1) is 6.58 Å². The van der Waals surface area contributed by atoms with Gasteiger partial charge in [-0.1, -0.05) is 25.3 Å². The number of carbonyl (C=O) groups is 1. The van der Waals surface area contributed by atoms with E-state index in [4.69, 9.17) is 0 Å². The number of hydrogen-bond acceptors (Lipinski definition) is 3. The van der Waals surface area contributed by atoms with Crippen LogP contribution in [0.15, 0.2) is 12.7 Å². The van der Waals surface area contributed by atoms with Gasteiger partial charge in [-0.3, -0.25) is 9.69 Å². The van der Waals surface area contributed by atoms with E-state index in [9.17, 15) is 9.90 Å². The Kier molecular flexibility index (Phi) is 7.77. The van der Waals surface area contributed by atoms with E-state index in [1.54, 1.807) is 0 Å². The van der Waals surface area contributed by atoms with Crippen LogP contribution in [0, 0.1) is 23.7 Å². The van der Waals surface area contributed by atoms with Gasteiger partial charge in [0.1, 0.15) is 0 Å². The lowest BCUT2D eigenvalue weighted by Gasteiger charge is -2.37. The van der Waals surface area contributed by atoms with E-state index in [0.29, 0.717) is 23.8 Å². The highest BCUT2D eigenvalue weighted by Gasteiger charge is 2.40. The van der Waals surface area contributed by atoms with Crippen LogP contribution in [0.1, 0.15) is 64.2 Å². The molecule has 3 rings (SSSR count). The van der Waals surface area contributed by atoms with Gasteiger partial charge in [0, 0.05) is 19.1 Å². The number of carboxylic acids is 1. The van der Waals surface area contributed by atoms with Gasteiger partial charge in [0.2, 0.25) is 0 Å². The van der Waals surface area contributed by atoms with Gasteiger partial charge in [0.05, 0.1) is 5.92 Å². The molecule has 4 heteroatoms. The Bertz CT molecular complexity index is 481. The van der Waals surface area contributed by atoms with Crippen LogP contribution < -0.4 is 0 Å². The van der Waals surface area contributed by atoms with Gasteiger partial charge in [-0.05, 0) is 82.8 Å². The van der Waals surface area contributed by atoms with Crippen molar-refractivity contribution in [2.24, 2.45) is 23.7 Å². The minimum atomic E-state index is -0.515. The summed E-state index contributed by atoms with van der Waals surface area (Å²) < 4.78 is 0. The lowest BCUT2D eigenvalue weighted by molar-refractivity contribution is -0.146. The standard InChI is InChI=1S/C23H40N2O2/c1-3-13-24(2)21-11-14-25(15-12-21)17-18-9-10-20(16-18)22(23(26)27)19-7-5-4-6-8-19/h3,18-22H,1,4-17H2,2H3,(H,26,27)/t18-,20?,22?/m1/s1. The highest BCUT2D eigenvalue weighted by molar-refractivity contribution is 5.70. The molecule has 0 bridgehead atoms. The Morgan fingerprint density at radius 2 is 1.81 bits per heavy atom. The zero-order chi connectivity index (χ0) is 19.2. The quantitative estimate of drug-likeness (QED) is 0.643. The summed E-state index contributed by atoms with van der Waals surface area (Å²) in [5, 5.41) is 9.90. The highest BCUT2D eigenvalue weighted by atomic mass is 16.4.